The van der Waals surface area contributed by atoms with Gasteiger partial charge in [0.1, 0.15) is 4.99 Å². The Morgan fingerprint density at radius 1 is 1.30 bits per heavy atom. The van der Waals surface area contributed by atoms with Gasteiger partial charge < -0.3 is 5.73 Å². The van der Waals surface area contributed by atoms with Crippen LogP contribution in [0.15, 0.2) is 24.3 Å². The molecule has 0 saturated heterocycles. The Labute approximate surface area is 120 Å². The summed E-state index contributed by atoms with van der Waals surface area (Å²) in [7, 11) is -3.88. The zero-order valence-electron chi connectivity index (χ0n) is 10.3. The highest BCUT2D eigenvalue weighted by atomic mass is 32.2. The fourth-order valence-electron chi connectivity index (χ4n) is 1.47. The van der Waals surface area contributed by atoms with Gasteiger partial charge in [0.2, 0.25) is 10.0 Å². The zero-order chi connectivity index (χ0) is 15.4. The van der Waals surface area contributed by atoms with Gasteiger partial charge in [-0.15, -0.1) is 0 Å². The van der Waals surface area contributed by atoms with Crippen LogP contribution in [0.4, 0.5) is 18.9 Å². The topological polar surface area (TPSA) is 72.2 Å². The van der Waals surface area contributed by atoms with Crippen LogP contribution >= 0.6 is 12.2 Å². The number of rotatable bonds is 6. The average molecular weight is 326 g/mol. The molecule has 1 rings (SSSR count). The minimum atomic E-state index is -4.37. The minimum absolute atomic E-state index is 0.00130. The van der Waals surface area contributed by atoms with Gasteiger partial charge in [0.25, 0.3) is 0 Å². The van der Waals surface area contributed by atoms with Crippen molar-refractivity contribution in [2.75, 3.05) is 10.5 Å². The molecular formula is C11H13F3N2O2S2. The monoisotopic (exact) mass is 326 g/mol. The summed E-state index contributed by atoms with van der Waals surface area (Å²) in [6.07, 6.45) is -6.02. The third kappa shape index (κ3) is 5.74. The van der Waals surface area contributed by atoms with Crippen molar-refractivity contribution < 1.29 is 21.6 Å². The Kier molecular flexibility index (Phi) is 5.35. The van der Waals surface area contributed by atoms with Gasteiger partial charge in [-0.25, -0.2) is 8.42 Å². The molecule has 0 atom stereocenters. The first-order chi connectivity index (χ1) is 9.11. The SMILES string of the molecule is NC(=S)c1ccccc1NS(=O)(=O)CCCC(F)(F)F. The molecule has 0 aliphatic heterocycles. The predicted octanol–water partition coefficient (Wildman–Crippen LogP) is 2.41. The highest BCUT2D eigenvalue weighted by Gasteiger charge is 2.27. The largest absolute Gasteiger partial charge is 0.389 e. The second-order valence-electron chi connectivity index (χ2n) is 4.05. The average Bonchev–Trinajstić information content (AvgIpc) is 2.26. The Bertz CT molecular complexity index is 586. The van der Waals surface area contributed by atoms with Crippen LogP contribution in [0.2, 0.25) is 0 Å². The van der Waals surface area contributed by atoms with Crippen LogP contribution in [0.3, 0.4) is 0 Å². The number of benzene rings is 1. The number of nitrogens with two attached hydrogens (primary N) is 1. The molecule has 0 saturated carbocycles. The molecule has 1 aromatic rings. The molecule has 0 aliphatic carbocycles. The van der Waals surface area contributed by atoms with Crippen molar-refractivity contribution in [1.29, 1.82) is 0 Å². The number of halogens is 3. The van der Waals surface area contributed by atoms with E-state index in [0.29, 0.717) is 5.56 Å². The molecule has 4 nitrogen and oxygen atoms in total. The highest BCUT2D eigenvalue weighted by molar-refractivity contribution is 7.92. The summed E-state index contributed by atoms with van der Waals surface area (Å²) >= 11 is 4.77. The van der Waals surface area contributed by atoms with Crippen LogP contribution in [-0.4, -0.2) is 25.3 Å². The first-order valence-electron chi connectivity index (χ1n) is 5.57. The molecule has 20 heavy (non-hydrogen) atoms. The van der Waals surface area contributed by atoms with Crippen molar-refractivity contribution >= 4 is 32.9 Å². The molecule has 0 heterocycles. The molecule has 0 aliphatic rings. The maximum Gasteiger partial charge on any atom is 0.389 e. The molecule has 3 N–H and O–H groups in total. The molecule has 0 aromatic heterocycles. The molecule has 0 unspecified atom stereocenters. The van der Waals surface area contributed by atoms with E-state index in [1.165, 1.54) is 12.1 Å². The fraction of sp³-hybridized carbons (Fsp3) is 0.364. The lowest BCUT2D eigenvalue weighted by molar-refractivity contribution is -0.134. The van der Waals surface area contributed by atoms with Gasteiger partial charge in [0, 0.05) is 12.0 Å². The van der Waals surface area contributed by atoms with Gasteiger partial charge in [-0.3, -0.25) is 4.72 Å². The minimum Gasteiger partial charge on any atom is -0.389 e. The summed E-state index contributed by atoms with van der Waals surface area (Å²) < 4.78 is 61.5. The van der Waals surface area contributed by atoms with Gasteiger partial charge in [0.15, 0.2) is 0 Å². The van der Waals surface area contributed by atoms with Crippen LogP contribution in [0, 0.1) is 0 Å². The standard InChI is InChI=1S/C11H13F3N2O2S2/c12-11(13,14)6-3-7-20(17,18)16-9-5-2-1-4-8(9)10(15)19/h1-2,4-5,16H,3,6-7H2,(H2,15,19). The second-order valence-corrected chi connectivity index (χ2v) is 6.33. The third-order valence-electron chi connectivity index (χ3n) is 2.33. The lowest BCUT2D eigenvalue weighted by Gasteiger charge is -2.12. The van der Waals surface area contributed by atoms with E-state index in [4.69, 9.17) is 18.0 Å². The van der Waals surface area contributed by atoms with E-state index in [2.05, 4.69) is 4.72 Å². The zero-order valence-corrected chi connectivity index (χ0v) is 11.9. The maximum atomic E-state index is 12.0. The number of hydrogen-bond donors (Lipinski definition) is 2. The summed E-state index contributed by atoms with van der Waals surface area (Å²) in [6.45, 7) is 0. The van der Waals surface area contributed by atoms with Gasteiger partial charge in [-0.1, -0.05) is 24.4 Å². The van der Waals surface area contributed by atoms with Crippen molar-refractivity contribution in [3.63, 3.8) is 0 Å². The number of nitrogens with one attached hydrogen (secondary N) is 1. The first kappa shape index (κ1) is 16.7. The number of thiocarbonyl (C=S) groups is 1. The van der Waals surface area contributed by atoms with E-state index >= 15 is 0 Å². The molecule has 9 heteroatoms. The van der Waals surface area contributed by atoms with Crippen molar-refractivity contribution in [3.8, 4) is 0 Å². The smallest absolute Gasteiger partial charge is 0.389 e. The molecular weight excluding hydrogens is 313 g/mol. The van der Waals surface area contributed by atoms with E-state index in [1.807, 2.05) is 0 Å². The van der Waals surface area contributed by atoms with Gasteiger partial charge >= 0.3 is 6.18 Å². The first-order valence-corrected chi connectivity index (χ1v) is 7.63. The molecule has 0 amide bonds. The van der Waals surface area contributed by atoms with Crippen LogP contribution in [0.1, 0.15) is 18.4 Å². The fourth-order valence-corrected chi connectivity index (χ4v) is 2.79. The summed E-state index contributed by atoms with van der Waals surface area (Å²) in [5.41, 5.74) is 5.92. The van der Waals surface area contributed by atoms with Crippen LogP contribution in [0.25, 0.3) is 0 Å². The van der Waals surface area contributed by atoms with Crippen LogP contribution in [0.5, 0.6) is 0 Å². The van der Waals surface area contributed by atoms with E-state index in [0.717, 1.165) is 0 Å². The quantitative estimate of drug-likeness (QED) is 0.788. The summed E-state index contributed by atoms with van der Waals surface area (Å²) in [4.78, 5) is -0.00130. The Hall–Kier alpha value is -1.35. The summed E-state index contributed by atoms with van der Waals surface area (Å²) in [5, 5.41) is 0. The van der Waals surface area contributed by atoms with Crippen molar-refractivity contribution in [2.45, 2.75) is 19.0 Å². The van der Waals surface area contributed by atoms with Crippen LogP contribution < -0.4 is 10.5 Å². The van der Waals surface area contributed by atoms with Crippen molar-refractivity contribution in [3.05, 3.63) is 29.8 Å². The number of sulfonamides is 1. The Morgan fingerprint density at radius 3 is 2.45 bits per heavy atom. The van der Waals surface area contributed by atoms with E-state index in [1.54, 1.807) is 12.1 Å². The number of anilines is 1. The van der Waals surface area contributed by atoms with Gasteiger partial charge in [0.05, 0.1) is 11.4 Å². The number of para-hydroxylation sites is 1. The lowest BCUT2D eigenvalue weighted by Crippen LogP contribution is -2.21. The maximum absolute atomic E-state index is 12.0. The Balaban J connectivity index is 2.74. The molecule has 0 fully saturated rings. The molecule has 0 bridgehead atoms. The van der Waals surface area contributed by atoms with E-state index < -0.39 is 34.8 Å². The molecule has 0 radical (unpaired) electrons. The summed E-state index contributed by atoms with van der Waals surface area (Å²) in [6, 6.07) is 6.15. The summed E-state index contributed by atoms with van der Waals surface area (Å²) in [5.74, 6) is -0.627. The highest BCUT2D eigenvalue weighted by Crippen LogP contribution is 2.22. The van der Waals surface area contributed by atoms with Crippen LogP contribution in [-0.2, 0) is 10.0 Å². The van der Waals surface area contributed by atoms with E-state index in [9.17, 15) is 21.6 Å². The molecule has 112 valence electrons. The normalized spacial score (nSPS) is 12.2. The predicted molar refractivity (Wildman–Crippen MR) is 75.0 cm³/mol. The van der Waals surface area contributed by atoms with Crippen molar-refractivity contribution in [1.82, 2.24) is 0 Å². The van der Waals surface area contributed by atoms with Gasteiger partial charge in [-0.2, -0.15) is 13.2 Å². The third-order valence-corrected chi connectivity index (χ3v) is 3.91. The molecule has 1 aromatic carbocycles. The number of alkyl halides is 3. The second kappa shape index (κ2) is 6.40. The van der Waals surface area contributed by atoms with E-state index in [-0.39, 0.29) is 10.7 Å². The molecule has 0 spiro atoms. The van der Waals surface area contributed by atoms with Crippen molar-refractivity contribution in [2.24, 2.45) is 5.73 Å². The lowest BCUT2D eigenvalue weighted by atomic mass is 10.2. The van der Waals surface area contributed by atoms with Gasteiger partial charge in [-0.05, 0) is 18.6 Å². The Morgan fingerprint density at radius 2 is 1.90 bits per heavy atom. The number of hydrogen-bond acceptors (Lipinski definition) is 3.